The molecule has 2 aromatic carbocycles. The van der Waals surface area contributed by atoms with Crippen molar-refractivity contribution in [2.24, 2.45) is 0 Å². The maximum Gasteiger partial charge on any atom is 0.331 e. The van der Waals surface area contributed by atoms with Crippen molar-refractivity contribution in [3.8, 4) is 0 Å². The van der Waals surface area contributed by atoms with Gasteiger partial charge in [0.2, 0.25) is 5.91 Å². The van der Waals surface area contributed by atoms with Crippen LogP contribution in [-0.2, 0) is 19.1 Å². The topological polar surface area (TPSA) is 128 Å². The number of nitro benzene ring substituents is 1. The first-order valence-corrected chi connectivity index (χ1v) is 9.05. The van der Waals surface area contributed by atoms with Crippen molar-refractivity contribution in [3.63, 3.8) is 0 Å². The fraction of sp³-hybridized carbons (Fsp3) is 0.150. The molecule has 0 fully saturated rings. The van der Waals surface area contributed by atoms with Crippen LogP contribution in [-0.4, -0.2) is 35.9 Å². The first-order valence-electron chi connectivity index (χ1n) is 8.68. The molecule has 0 bridgehead atoms. The normalized spacial score (nSPS) is 10.5. The van der Waals surface area contributed by atoms with Gasteiger partial charge < -0.3 is 15.4 Å². The Morgan fingerprint density at radius 3 is 2.60 bits per heavy atom. The van der Waals surface area contributed by atoms with Crippen molar-refractivity contribution in [1.82, 2.24) is 5.32 Å². The minimum absolute atomic E-state index is 0.166. The summed E-state index contributed by atoms with van der Waals surface area (Å²) < 4.78 is 4.75. The molecule has 2 aromatic rings. The van der Waals surface area contributed by atoms with Gasteiger partial charge in [-0.05, 0) is 36.8 Å². The highest BCUT2D eigenvalue weighted by Crippen LogP contribution is 2.22. The number of carbonyl (C=O) groups excluding carboxylic acids is 3. The smallest absolute Gasteiger partial charge is 0.331 e. The molecular formula is C20H18ClN3O6. The fourth-order valence-corrected chi connectivity index (χ4v) is 2.48. The van der Waals surface area contributed by atoms with Crippen LogP contribution in [0.1, 0.15) is 11.1 Å². The Morgan fingerprint density at radius 1 is 1.13 bits per heavy atom. The number of nitrogens with one attached hydrogen (secondary N) is 2. The van der Waals surface area contributed by atoms with Crippen LogP contribution < -0.4 is 10.6 Å². The summed E-state index contributed by atoms with van der Waals surface area (Å²) in [5.74, 6) is -2.01. The van der Waals surface area contributed by atoms with Crippen molar-refractivity contribution in [2.45, 2.75) is 6.92 Å². The van der Waals surface area contributed by atoms with Gasteiger partial charge in [0, 0.05) is 22.9 Å². The lowest BCUT2D eigenvalue weighted by molar-refractivity contribution is -0.385. The summed E-state index contributed by atoms with van der Waals surface area (Å²) in [5.41, 5.74) is 1.27. The van der Waals surface area contributed by atoms with Crippen LogP contribution in [0.3, 0.4) is 0 Å². The molecule has 9 nitrogen and oxygen atoms in total. The predicted octanol–water partition coefficient (Wildman–Crippen LogP) is 2.87. The summed E-state index contributed by atoms with van der Waals surface area (Å²) in [6.07, 6.45) is 2.20. The van der Waals surface area contributed by atoms with Gasteiger partial charge in [0.1, 0.15) is 0 Å². The molecule has 0 spiro atoms. The summed E-state index contributed by atoms with van der Waals surface area (Å²) in [4.78, 5) is 45.7. The molecule has 10 heteroatoms. The summed E-state index contributed by atoms with van der Waals surface area (Å²) in [5, 5.41) is 16.3. The van der Waals surface area contributed by atoms with E-state index in [2.05, 4.69) is 10.6 Å². The number of ether oxygens (including phenoxy) is 1. The second-order valence-electron chi connectivity index (χ2n) is 5.99. The zero-order valence-electron chi connectivity index (χ0n) is 15.9. The van der Waals surface area contributed by atoms with Crippen molar-refractivity contribution in [1.29, 1.82) is 0 Å². The number of benzene rings is 2. The van der Waals surface area contributed by atoms with Gasteiger partial charge in [-0.15, -0.1) is 0 Å². The molecule has 0 heterocycles. The Hall–Kier alpha value is -3.72. The molecule has 156 valence electrons. The predicted molar refractivity (Wildman–Crippen MR) is 111 cm³/mol. The number of carbonyl (C=O) groups is 3. The second kappa shape index (κ2) is 10.7. The number of nitrogens with zero attached hydrogens (tertiary/aromatic N) is 1. The van der Waals surface area contributed by atoms with Gasteiger partial charge in [0.25, 0.3) is 11.6 Å². The number of nitro groups is 1. The van der Waals surface area contributed by atoms with Crippen LogP contribution in [0.15, 0.2) is 48.5 Å². The number of anilines is 1. The van der Waals surface area contributed by atoms with Gasteiger partial charge in [-0.25, -0.2) is 4.79 Å². The molecule has 0 unspecified atom stereocenters. The van der Waals surface area contributed by atoms with Crippen LogP contribution in [0, 0.1) is 17.0 Å². The highest BCUT2D eigenvalue weighted by atomic mass is 35.5. The fourth-order valence-electron chi connectivity index (χ4n) is 2.30. The number of amides is 2. The number of hydrogen-bond donors (Lipinski definition) is 2. The first-order chi connectivity index (χ1) is 14.3. The highest BCUT2D eigenvalue weighted by molar-refractivity contribution is 6.31. The minimum Gasteiger partial charge on any atom is -0.452 e. The van der Waals surface area contributed by atoms with E-state index in [9.17, 15) is 24.5 Å². The standard InChI is InChI=1S/C20H18ClN3O6/c1-13-15(21)6-4-7-16(13)23-18(25)11-22-19(26)12-30-20(27)10-9-14-5-2-3-8-17(14)24(28)29/h2-10H,11-12H2,1H3,(H,22,26)(H,23,25)/b10-9+. The van der Waals surface area contributed by atoms with Crippen LogP contribution in [0.25, 0.3) is 6.08 Å². The van der Waals surface area contributed by atoms with E-state index in [4.69, 9.17) is 16.3 Å². The van der Waals surface area contributed by atoms with Crippen molar-refractivity contribution < 1.29 is 24.0 Å². The molecule has 2 rings (SSSR count). The van der Waals surface area contributed by atoms with Crippen molar-refractivity contribution >= 4 is 46.8 Å². The molecule has 0 saturated heterocycles. The zero-order chi connectivity index (χ0) is 22.1. The Balaban J connectivity index is 1.78. The SMILES string of the molecule is Cc1c(Cl)cccc1NC(=O)CNC(=O)COC(=O)/C=C/c1ccccc1[N+](=O)[O-]. The van der Waals surface area contributed by atoms with Gasteiger partial charge in [-0.2, -0.15) is 0 Å². The molecule has 0 aliphatic heterocycles. The van der Waals surface area contributed by atoms with E-state index in [0.717, 1.165) is 6.08 Å². The number of rotatable bonds is 8. The largest absolute Gasteiger partial charge is 0.452 e. The monoisotopic (exact) mass is 431 g/mol. The quantitative estimate of drug-likeness (QED) is 0.286. The molecule has 0 atom stereocenters. The first kappa shape index (κ1) is 22.6. The van der Waals surface area contributed by atoms with Crippen LogP contribution in [0.2, 0.25) is 5.02 Å². The van der Waals surface area contributed by atoms with E-state index in [1.54, 1.807) is 31.2 Å². The summed E-state index contributed by atoms with van der Waals surface area (Å²) >= 11 is 5.98. The summed E-state index contributed by atoms with van der Waals surface area (Å²) in [6, 6.07) is 10.9. The van der Waals surface area contributed by atoms with Gasteiger partial charge >= 0.3 is 5.97 Å². The molecule has 0 aliphatic rings. The van der Waals surface area contributed by atoms with Crippen LogP contribution in [0.5, 0.6) is 0 Å². The van der Waals surface area contributed by atoms with E-state index in [-0.39, 0.29) is 17.8 Å². The van der Waals surface area contributed by atoms with E-state index < -0.39 is 29.3 Å². The van der Waals surface area contributed by atoms with E-state index in [1.807, 2.05) is 0 Å². The van der Waals surface area contributed by atoms with Crippen molar-refractivity contribution in [3.05, 3.63) is 74.8 Å². The molecule has 2 amide bonds. The van der Waals surface area contributed by atoms with E-state index in [1.165, 1.54) is 24.3 Å². The maximum absolute atomic E-state index is 11.9. The van der Waals surface area contributed by atoms with Gasteiger partial charge in [0.05, 0.1) is 17.0 Å². The van der Waals surface area contributed by atoms with Gasteiger partial charge in [-0.1, -0.05) is 29.8 Å². The molecule has 0 radical (unpaired) electrons. The Kier molecular flexibility index (Phi) is 8.07. The number of esters is 1. The van der Waals surface area contributed by atoms with E-state index >= 15 is 0 Å². The van der Waals surface area contributed by atoms with E-state index in [0.29, 0.717) is 16.3 Å². The molecule has 30 heavy (non-hydrogen) atoms. The average molecular weight is 432 g/mol. The third-order valence-electron chi connectivity index (χ3n) is 3.87. The molecule has 0 aliphatic carbocycles. The Morgan fingerprint density at radius 2 is 1.87 bits per heavy atom. The third kappa shape index (κ3) is 6.71. The van der Waals surface area contributed by atoms with Crippen LogP contribution >= 0.6 is 11.6 Å². The van der Waals surface area contributed by atoms with Crippen LogP contribution in [0.4, 0.5) is 11.4 Å². The number of hydrogen-bond acceptors (Lipinski definition) is 6. The Labute approximate surface area is 176 Å². The zero-order valence-corrected chi connectivity index (χ0v) is 16.6. The lowest BCUT2D eigenvalue weighted by Crippen LogP contribution is -2.35. The third-order valence-corrected chi connectivity index (χ3v) is 4.28. The molecule has 2 N–H and O–H groups in total. The summed E-state index contributed by atoms with van der Waals surface area (Å²) in [6.45, 7) is 0.811. The average Bonchev–Trinajstić information content (AvgIpc) is 2.72. The molecule has 0 aromatic heterocycles. The molecular weight excluding hydrogens is 414 g/mol. The minimum atomic E-state index is -0.859. The second-order valence-corrected chi connectivity index (χ2v) is 6.40. The van der Waals surface area contributed by atoms with Gasteiger partial charge in [0.15, 0.2) is 6.61 Å². The van der Waals surface area contributed by atoms with Crippen molar-refractivity contribution in [2.75, 3.05) is 18.5 Å². The molecule has 0 saturated carbocycles. The lowest BCUT2D eigenvalue weighted by atomic mass is 10.1. The number of halogens is 1. The maximum atomic E-state index is 11.9. The van der Waals surface area contributed by atoms with Gasteiger partial charge in [-0.3, -0.25) is 19.7 Å². The lowest BCUT2D eigenvalue weighted by Gasteiger charge is -2.10. The summed E-state index contributed by atoms with van der Waals surface area (Å²) in [7, 11) is 0. The highest BCUT2D eigenvalue weighted by Gasteiger charge is 2.12. The number of para-hydroxylation sites is 1. The Bertz CT molecular complexity index is 1010.